The lowest BCUT2D eigenvalue weighted by molar-refractivity contribution is -0.163. The summed E-state index contributed by atoms with van der Waals surface area (Å²) in [7, 11) is 0. The molecule has 2 heterocycles. The maximum absolute atomic E-state index is 11.5. The van der Waals surface area contributed by atoms with E-state index in [1.807, 2.05) is 12.1 Å². The molecule has 0 spiro atoms. The van der Waals surface area contributed by atoms with E-state index in [9.17, 15) is 9.59 Å². The third-order valence-electron chi connectivity index (χ3n) is 3.88. The molecule has 0 aromatic heterocycles. The van der Waals surface area contributed by atoms with Crippen LogP contribution in [0.3, 0.4) is 0 Å². The van der Waals surface area contributed by atoms with Crippen LogP contribution in [0.5, 0.6) is 0 Å². The van der Waals surface area contributed by atoms with Crippen LogP contribution in [-0.2, 0) is 23.8 Å². The Bertz CT molecular complexity index is 702. The fourth-order valence-corrected chi connectivity index (χ4v) is 5.71. The second kappa shape index (κ2) is 7.68. The largest absolute Gasteiger partial charge is 0.456 e. The zero-order valence-corrected chi connectivity index (χ0v) is 15.3. The van der Waals surface area contributed by atoms with Gasteiger partial charge in [0.1, 0.15) is 12.2 Å². The minimum atomic E-state index is -0.614. The number of nitrogens with zero attached hydrogens (tertiary/aromatic N) is 1. The van der Waals surface area contributed by atoms with Gasteiger partial charge in [-0.05, 0) is 24.3 Å². The molecule has 1 aromatic rings. The van der Waals surface area contributed by atoms with E-state index >= 15 is 0 Å². The monoisotopic (exact) mass is 379 g/mol. The molecule has 2 aliphatic heterocycles. The van der Waals surface area contributed by atoms with Gasteiger partial charge in [-0.15, -0.1) is 23.5 Å². The number of benzene rings is 1. The maximum Gasteiger partial charge on any atom is 0.303 e. The molecule has 0 saturated carbocycles. The van der Waals surface area contributed by atoms with Gasteiger partial charge in [0.2, 0.25) is 0 Å². The average molecular weight is 379 g/mol. The van der Waals surface area contributed by atoms with Gasteiger partial charge < -0.3 is 14.2 Å². The van der Waals surface area contributed by atoms with Crippen LogP contribution < -0.4 is 0 Å². The van der Waals surface area contributed by atoms with Crippen LogP contribution in [-0.4, -0.2) is 46.7 Å². The van der Waals surface area contributed by atoms with Crippen molar-refractivity contribution in [3.8, 4) is 6.07 Å². The van der Waals surface area contributed by atoms with Gasteiger partial charge in [0.15, 0.2) is 12.2 Å². The van der Waals surface area contributed by atoms with Gasteiger partial charge in [0.25, 0.3) is 0 Å². The van der Waals surface area contributed by atoms with E-state index in [4.69, 9.17) is 19.5 Å². The molecular weight excluding hydrogens is 362 g/mol. The first-order valence-corrected chi connectivity index (χ1v) is 9.69. The minimum absolute atomic E-state index is 0.00547. The molecular formula is C17H17NO5S2. The highest BCUT2D eigenvalue weighted by atomic mass is 32.2. The van der Waals surface area contributed by atoms with Crippen molar-refractivity contribution in [2.24, 2.45) is 0 Å². The fourth-order valence-electron chi connectivity index (χ4n) is 2.90. The van der Waals surface area contributed by atoms with Gasteiger partial charge in [-0.25, -0.2) is 0 Å². The molecule has 8 heteroatoms. The molecule has 0 radical (unpaired) electrons. The average Bonchev–Trinajstić information content (AvgIpc) is 2.83. The highest BCUT2D eigenvalue weighted by Crippen LogP contribution is 2.46. The van der Waals surface area contributed by atoms with Crippen LogP contribution in [0.2, 0.25) is 0 Å². The first kappa shape index (κ1) is 18.1. The fraction of sp³-hybridized carbons (Fsp3) is 0.471. The van der Waals surface area contributed by atoms with Gasteiger partial charge >= 0.3 is 11.9 Å². The molecule has 6 nitrogen and oxygen atoms in total. The van der Waals surface area contributed by atoms with Gasteiger partial charge in [0.05, 0.1) is 16.2 Å². The van der Waals surface area contributed by atoms with Crippen molar-refractivity contribution >= 4 is 35.5 Å². The van der Waals surface area contributed by atoms with Crippen LogP contribution in [0.1, 0.15) is 19.4 Å². The van der Waals surface area contributed by atoms with E-state index in [2.05, 4.69) is 6.07 Å². The molecule has 2 aliphatic rings. The Morgan fingerprint density at radius 3 is 2.44 bits per heavy atom. The molecule has 1 aromatic carbocycles. The Balaban J connectivity index is 1.77. The Hall–Kier alpha value is -1.69. The predicted octanol–water partition coefficient (Wildman–Crippen LogP) is 2.35. The number of fused-ring (bicyclic) bond motifs is 2. The molecule has 0 amide bonds. The third kappa shape index (κ3) is 4.11. The van der Waals surface area contributed by atoms with E-state index in [-0.39, 0.29) is 16.8 Å². The molecule has 2 saturated heterocycles. The van der Waals surface area contributed by atoms with E-state index in [0.717, 1.165) is 4.90 Å². The summed E-state index contributed by atoms with van der Waals surface area (Å²) in [5, 5.41) is 8.88. The summed E-state index contributed by atoms with van der Waals surface area (Å²) in [6.45, 7) is 2.67. The first-order chi connectivity index (χ1) is 12.0. The quantitative estimate of drug-likeness (QED) is 0.737. The molecule has 0 aliphatic carbocycles. The number of esters is 2. The second-order valence-corrected chi connectivity index (χ2v) is 8.43. The number of hydrogen-bond acceptors (Lipinski definition) is 8. The summed E-state index contributed by atoms with van der Waals surface area (Å²) in [5.41, 5.74) is 0.602. The topological polar surface area (TPSA) is 85.6 Å². The van der Waals surface area contributed by atoms with Crippen LogP contribution in [0.4, 0.5) is 0 Å². The van der Waals surface area contributed by atoms with Crippen molar-refractivity contribution in [3.05, 3.63) is 29.8 Å². The van der Waals surface area contributed by atoms with E-state index < -0.39 is 24.1 Å². The van der Waals surface area contributed by atoms with Crippen LogP contribution in [0.25, 0.3) is 0 Å². The molecule has 3 rings (SSSR count). The SMILES string of the molecule is CC(=O)O[C@@H]1[C@@H]2O[C@@H](CS[C@@H]2Sc2ccc(C#N)cc2)[C@H]1OC(C)=O. The molecule has 0 N–H and O–H groups in total. The lowest BCUT2D eigenvalue weighted by Gasteiger charge is -2.29. The van der Waals surface area contributed by atoms with Crippen LogP contribution >= 0.6 is 23.5 Å². The Morgan fingerprint density at radius 2 is 1.84 bits per heavy atom. The number of carbonyl (C=O) groups is 2. The Morgan fingerprint density at radius 1 is 1.20 bits per heavy atom. The first-order valence-electron chi connectivity index (χ1n) is 7.76. The maximum atomic E-state index is 11.5. The number of thioether (sulfide) groups is 2. The van der Waals surface area contributed by atoms with E-state index in [1.54, 1.807) is 35.7 Å². The number of carbonyl (C=O) groups excluding carboxylic acids is 2. The van der Waals surface area contributed by atoms with Gasteiger partial charge in [-0.3, -0.25) is 9.59 Å². The lowest BCUT2D eigenvalue weighted by atomic mass is 10.1. The van der Waals surface area contributed by atoms with Crippen molar-refractivity contribution < 1.29 is 23.8 Å². The van der Waals surface area contributed by atoms with E-state index in [1.165, 1.54) is 13.8 Å². The second-order valence-electron chi connectivity index (χ2n) is 5.74. The number of ether oxygens (including phenoxy) is 3. The molecule has 2 fully saturated rings. The number of hydrogen-bond donors (Lipinski definition) is 0. The van der Waals surface area contributed by atoms with Crippen LogP contribution in [0.15, 0.2) is 29.2 Å². The molecule has 25 heavy (non-hydrogen) atoms. The summed E-state index contributed by atoms with van der Waals surface area (Å²) in [4.78, 5) is 23.9. The predicted molar refractivity (Wildman–Crippen MR) is 93.0 cm³/mol. The number of rotatable bonds is 4. The van der Waals surface area contributed by atoms with Crippen molar-refractivity contribution in [2.75, 3.05) is 5.75 Å². The Labute approximate surface area is 154 Å². The zero-order valence-electron chi connectivity index (χ0n) is 13.7. The highest BCUT2D eigenvalue weighted by Gasteiger charge is 2.55. The summed E-state index contributed by atoms with van der Waals surface area (Å²) in [6, 6.07) is 9.39. The van der Waals surface area contributed by atoms with Gasteiger partial charge in [0, 0.05) is 24.5 Å². The highest BCUT2D eigenvalue weighted by molar-refractivity contribution is 8.17. The Kier molecular flexibility index (Phi) is 5.57. The van der Waals surface area contributed by atoms with Gasteiger partial charge in [-0.2, -0.15) is 5.26 Å². The van der Waals surface area contributed by atoms with Crippen molar-refractivity contribution in [1.82, 2.24) is 0 Å². The summed E-state index contributed by atoms with van der Waals surface area (Å²) in [5.74, 6) is -0.190. The number of nitriles is 1. The van der Waals surface area contributed by atoms with Gasteiger partial charge in [-0.1, -0.05) is 0 Å². The van der Waals surface area contributed by atoms with Crippen molar-refractivity contribution in [1.29, 1.82) is 5.26 Å². The minimum Gasteiger partial charge on any atom is -0.456 e. The summed E-state index contributed by atoms with van der Waals surface area (Å²) in [6.07, 6.45) is -1.83. The molecule has 2 bridgehead atoms. The third-order valence-corrected chi connectivity index (χ3v) is 6.74. The van der Waals surface area contributed by atoms with Crippen molar-refractivity contribution in [2.45, 2.75) is 47.7 Å². The van der Waals surface area contributed by atoms with E-state index in [0.29, 0.717) is 11.3 Å². The standard InChI is InChI=1S/C17H17NO5S2/c1-9(19)21-14-13-8-24-17(16(23-13)15(14)22-10(2)20)25-12-5-3-11(7-18)4-6-12/h3-6,13-17H,8H2,1-2H3/t13-,14+,15-,16-,17+/m0/s1. The summed E-state index contributed by atoms with van der Waals surface area (Å²) >= 11 is 3.29. The summed E-state index contributed by atoms with van der Waals surface area (Å²) < 4.78 is 16.8. The smallest absolute Gasteiger partial charge is 0.303 e. The van der Waals surface area contributed by atoms with Crippen LogP contribution in [0, 0.1) is 11.3 Å². The molecule has 132 valence electrons. The normalized spacial score (nSPS) is 30.4. The van der Waals surface area contributed by atoms with Crippen molar-refractivity contribution in [3.63, 3.8) is 0 Å². The molecule has 5 atom stereocenters. The lowest BCUT2D eigenvalue weighted by Crippen LogP contribution is -2.40. The zero-order chi connectivity index (χ0) is 18.0. The molecule has 0 unspecified atom stereocenters.